The summed E-state index contributed by atoms with van der Waals surface area (Å²) in [6.45, 7) is 6.97. The van der Waals surface area contributed by atoms with Gasteiger partial charge in [0.15, 0.2) is 0 Å². The van der Waals surface area contributed by atoms with Gasteiger partial charge in [-0.15, -0.1) is 0 Å². The monoisotopic (exact) mass is 293 g/mol. The highest BCUT2D eigenvalue weighted by molar-refractivity contribution is 6.30. The Morgan fingerprint density at radius 2 is 1.90 bits per heavy atom. The quantitative estimate of drug-likeness (QED) is 0.745. The highest BCUT2D eigenvalue weighted by Crippen LogP contribution is 2.31. The van der Waals surface area contributed by atoms with Gasteiger partial charge in [0.05, 0.1) is 0 Å². The molecule has 0 radical (unpaired) electrons. The van der Waals surface area contributed by atoms with Crippen LogP contribution in [-0.4, -0.2) is 6.04 Å². The normalized spacial score (nSPS) is 24.9. The molecule has 0 aliphatic heterocycles. The van der Waals surface area contributed by atoms with Crippen molar-refractivity contribution in [2.45, 2.75) is 65.0 Å². The summed E-state index contributed by atoms with van der Waals surface area (Å²) in [5.74, 6) is 1.77. The maximum absolute atomic E-state index is 6.11. The van der Waals surface area contributed by atoms with Crippen LogP contribution >= 0.6 is 11.6 Å². The fourth-order valence-corrected chi connectivity index (χ4v) is 3.61. The van der Waals surface area contributed by atoms with Crippen molar-refractivity contribution < 1.29 is 0 Å². The first kappa shape index (κ1) is 15.9. The van der Waals surface area contributed by atoms with Crippen molar-refractivity contribution >= 4 is 11.6 Å². The minimum absolute atomic E-state index is 0.439. The smallest absolute Gasteiger partial charge is 0.0409 e. The Labute approximate surface area is 129 Å². The zero-order valence-corrected chi connectivity index (χ0v) is 13.8. The summed E-state index contributed by atoms with van der Waals surface area (Å²) in [5, 5.41) is 4.69. The second kappa shape index (κ2) is 7.47. The van der Waals surface area contributed by atoms with E-state index in [1.165, 1.54) is 31.2 Å². The fourth-order valence-electron chi connectivity index (χ4n) is 3.41. The summed E-state index contributed by atoms with van der Waals surface area (Å²) in [6, 6.07) is 9.40. The summed E-state index contributed by atoms with van der Waals surface area (Å²) in [4.78, 5) is 0. The Bertz CT molecular complexity index is 408. The van der Waals surface area contributed by atoms with E-state index in [2.05, 4.69) is 44.3 Å². The van der Waals surface area contributed by atoms with Crippen molar-refractivity contribution in [3.05, 3.63) is 34.9 Å². The highest BCUT2D eigenvalue weighted by Gasteiger charge is 2.24. The van der Waals surface area contributed by atoms with E-state index in [0.29, 0.717) is 12.1 Å². The Balaban J connectivity index is 1.91. The van der Waals surface area contributed by atoms with Gasteiger partial charge in [-0.3, -0.25) is 0 Å². The predicted molar refractivity (Wildman–Crippen MR) is 88.2 cm³/mol. The van der Waals surface area contributed by atoms with Gasteiger partial charge >= 0.3 is 0 Å². The van der Waals surface area contributed by atoms with E-state index in [4.69, 9.17) is 11.6 Å². The van der Waals surface area contributed by atoms with Crippen molar-refractivity contribution in [3.8, 4) is 0 Å². The minimum atomic E-state index is 0.439. The van der Waals surface area contributed by atoms with E-state index in [9.17, 15) is 0 Å². The molecule has 1 unspecified atom stereocenters. The van der Waals surface area contributed by atoms with E-state index >= 15 is 0 Å². The van der Waals surface area contributed by atoms with Crippen molar-refractivity contribution in [3.63, 3.8) is 0 Å². The molecule has 1 aromatic rings. The second-order valence-corrected chi connectivity index (χ2v) is 6.97. The first-order valence-corrected chi connectivity index (χ1v) is 8.49. The van der Waals surface area contributed by atoms with E-state index < -0.39 is 0 Å². The van der Waals surface area contributed by atoms with E-state index in [1.54, 1.807) is 0 Å². The second-order valence-electron chi connectivity index (χ2n) is 6.54. The van der Waals surface area contributed by atoms with E-state index in [-0.39, 0.29) is 0 Å². The zero-order valence-electron chi connectivity index (χ0n) is 13.0. The van der Waals surface area contributed by atoms with Gasteiger partial charge in [0.1, 0.15) is 0 Å². The van der Waals surface area contributed by atoms with Gasteiger partial charge in [-0.05, 0) is 61.6 Å². The molecular formula is C18H28ClN. The first-order valence-electron chi connectivity index (χ1n) is 8.11. The van der Waals surface area contributed by atoms with Gasteiger partial charge < -0.3 is 5.32 Å². The number of hydrogen-bond donors (Lipinski definition) is 1. The molecule has 1 aliphatic rings. The van der Waals surface area contributed by atoms with Crippen LogP contribution in [0.1, 0.15) is 64.5 Å². The average Bonchev–Trinajstić information content (AvgIpc) is 2.45. The van der Waals surface area contributed by atoms with Crippen molar-refractivity contribution in [2.24, 2.45) is 11.8 Å². The molecule has 1 saturated carbocycles. The molecule has 20 heavy (non-hydrogen) atoms. The lowest BCUT2D eigenvalue weighted by atomic mass is 9.79. The van der Waals surface area contributed by atoms with Crippen LogP contribution in [0.3, 0.4) is 0 Å². The van der Waals surface area contributed by atoms with Crippen LogP contribution < -0.4 is 5.32 Å². The van der Waals surface area contributed by atoms with Crippen LogP contribution in [0.2, 0.25) is 5.02 Å². The Hall–Kier alpha value is -0.530. The van der Waals surface area contributed by atoms with Crippen LogP contribution in [0.4, 0.5) is 0 Å². The van der Waals surface area contributed by atoms with Crippen molar-refractivity contribution in [1.82, 2.24) is 5.32 Å². The molecule has 1 nitrogen and oxygen atoms in total. The molecule has 1 fully saturated rings. The van der Waals surface area contributed by atoms with Crippen molar-refractivity contribution in [2.75, 3.05) is 0 Å². The predicted octanol–water partition coefficient (Wildman–Crippen LogP) is 5.60. The maximum atomic E-state index is 6.11. The zero-order chi connectivity index (χ0) is 14.5. The van der Waals surface area contributed by atoms with Gasteiger partial charge in [0, 0.05) is 17.1 Å². The first-order chi connectivity index (χ1) is 9.60. The number of benzene rings is 1. The summed E-state index contributed by atoms with van der Waals surface area (Å²) >= 11 is 6.11. The molecule has 0 heterocycles. The summed E-state index contributed by atoms with van der Waals surface area (Å²) in [5.41, 5.74) is 1.32. The molecular weight excluding hydrogens is 266 g/mol. The average molecular weight is 294 g/mol. The van der Waals surface area contributed by atoms with Crippen LogP contribution in [0.5, 0.6) is 0 Å². The van der Waals surface area contributed by atoms with Crippen LogP contribution in [0.25, 0.3) is 0 Å². The molecule has 0 amide bonds. The molecule has 2 heteroatoms. The molecule has 1 atom stereocenters. The molecule has 1 aliphatic carbocycles. The summed E-state index contributed by atoms with van der Waals surface area (Å²) < 4.78 is 0. The van der Waals surface area contributed by atoms with Gasteiger partial charge in [-0.25, -0.2) is 0 Å². The molecule has 0 bridgehead atoms. The number of hydrogen-bond acceptors (Lipinski definition) is 1. The van der Waals surface area contributed by atoms with Crippen LogP contribution in [0.15, 0.2) is 24.3 Å². The van der Waals surface area contributed by atoms with E-state index in [0.717, 1.165) is 23.3 Å². The largest absolute Gasteiger partial charge is 0.307 e. The lowest BCUT2D eigenvalue weighted by molar-refractivity contribution is 0.227. The topological polar surface area (TPSA) is 12.0 Å². The summed E-state index contributed by atoms with van der Waals surface area (Å²) in [7, 11) is 0. The lowest BCUT2D eigenvalue weighted by Gasteiger charge is -2.33. The van der Waals surface area contributed by atoms with Crippen LogP contribution in [0, 0.1) is 11.8 Å². The maximum Gasteiger partial charge on any atom is 0.0409 e. The van der Waals surface area contributed by atoms with Gasteiger partial charge in [-0.1, -0.05) is 44.5 Å². The molecule has 112 valence electrons. The number of rotatable bonds is 5. The standard InChI is InChI=1S/C18H28ClN/c1-4-18(15-6-5-7-16(19)12-15)20-17-10-8-14(9-11-17)13(2)3/h5-7,12-14,17-18,20H,4,8-11H2,1-3H3. The third-order valence-corrected chi connectivity index (χ3v) is 5.05. The van der Waals surface area contributed by atoms with Gasteiger partial charge in [-0.2, -0.15) is 0 Å². The lowest BCUT2D eigenvalue weighted by Crippen LogP contribution is -2.36. The third-order valence-electron chi connectivity index (χ3n) is 4.81. The SMILES string of the molecule is CCC(NC1CCC(C(C)C)CC1)c1cccc(Cl)c1. The highest BCUT2D eigenvalue weighted by atomic mass is 35.5. The summed E-state index contributed by atoms with van der Waals surface area (Å²) in [6.07, 6.45) is 6.51. The van der Waals surface area contributed by atoms with Crippen molar-refractivity contribution in [1.29, 1.82) is 0 Å². The van der Waals surface area contributed by atoms with Gasteiger partial charge in [0.25, 0.3) is 0 Å². The number of nitrogens with one attached hydrogen (secondary N) is 1. The fraction of sp³-hybridized carbons (Fsp3) is 0.667. The Morgan fingerprint density at radius 3 is 2.45 bits per heavy atom. The Morgan fingerprint density at radius 1 is 1.20 bits per heavy atom. The van der Waals surface area contributed by atoms with E-state index in [1.807, 2.05) is 6.07 Å². The molecule has 2 rings (SSSR count). The molecule has 0 saturated heterocycles. The van der Waals surface area contributed by atoms with Gasteiger partial charge in [0.2, 0.25) is 0 Å². The molecule has 1 N–H and O–H groups in total. The minimum Gasteiger partial charge on any atom is -0.307 e. The third kappa shape index (κ3) is 4.23. The van der Waals surface area contributed by atoms with Crippen LogP contribution in [-0.2, 0) is 0 Å². The molecule has 0 aromatic heterocycles. The molecule has 0 spiro atoms. The Kier molecular flexibility index (Phi) is 5.92. The number of halogens is 1. The molecule has 1 aromatic carbocycles.